The third-order valence-corrected chi connectivity index (χ3v) is 3.47. The maximum absolute atomic E-state index is 3.78. The molecule has 0 aromatic heterocycles. The van der Waals surface area contributed by atoms with Crippen molar-refractivity contribution in [2.45, 2.75) is 58.0 Å². The molecule has 2 nitrogen and oxygen atoms in total. The summed E-state index contributed by atoms with van der Waals surface area (Å²) in [6.07, 6.45) is 6.88. The van der Waals surface area contributed by atoms with Crippen molar-refractivity contribution in [1.82, 2.24) is 10.2 Å². The fraction of sp³-hybridized carbons (Fsp3) is 1.00. The zero-order valence-corrected chi connectivity index (χ0v) is 10.9. The van der Waals surface area contributed by atoms with Gasteiger partial charge >= 0.3 is 0 Å². The first-order chi connectivity index (χ1) is 7.08. The molecule has 1 rings (SSSR count). The Bertz CT molecular complexity index is 168. The number of nitrogens with one attached hydrogen (secondary N) is 1. The van der Waals surface area contributed by atoms with Crippen molar-refractivity contribution in [3.63, 3.8) is 0 Å². The summed E-state index contributed by atoms with van der Waals surface area (Å²) in [6, 6.07) is 1.45. The Morgan fingerprint density at radius 3 is 2.67 bits per heavy atom. The van der Waals surface area contributed by atoms with Crippen LogP contribution in [0.15, 0.2) is 0 Å². The monoisotopic (exact) mass is 212 g/mol. The number of nitrogens with zero attached hydrogens (tertiary/aromatic N) is 1. The Balaban J connectivity index is 2.16. The van der Waals surface area contributed by atoms with E-state index in [0.717, 1.165) is 12.0 Å². The highest BCUT2D eigenvalue weighted by Gasteiger charge is 2.19. The van der Waals surface area contributed by atoms with E-state index in [2.05, 4.69) is 38.2 Å². The smallest absolute Gasteiger partial charge is 0.00720 e. The van der Waals surface area contributed by atoms with Crippen molar-refractivity contribution in [2.24, 2.45) is 5.92 Å². The molecule has 0 bridgehead atoms. The summed E-state index contributed by atoms with van der Waals surface area (Å²) in [6.45, 7) is 5.90. The first kappa shape index (κ1) is 13.0. The van der Waals surface area contributed by atoms with E-state index in [0.29, 0.717) is 6.04 Å². The molecule has 1 saturated carbocycles. The second kappa shape index (κ2) is 6.49. The molecule has 0 aromatic rings. The Labute approximate surface area is 95.4 Å². The summed E-state index contributed by atoms with van der Waals surface area (Å²) in [5, 5.41) is 3.78. The molecule has 15 heavy (non-hydrogen) atoms. The summed E-state index contributed by atoms with van der Waals surface area (Å²) in [4.78, 5) is 2.27. The third-order valence-electron chi connectivity index (χ3n) is 3.47. The van der Waals surface area contributed by atoms with Crippen molar-refractivity contribution in [1.29, 1.82) is 0 Å². The van der Waals surface area contributed by atoms with Crippen LogP contribution in [0.4, 0.5) is 0 Å². The average molecular weight is 212 g/mol. The van der Waals surface area contributed by atoms with Gasteiger partial charge in [0.25, 0.3) is 0 Å². The van der Waals surface area contributed by atoms with Crippen molar-refractivity contribution in [2.75, 3.05) is 20.6 Å². The molecule has 3 atom stereocenters. The van der Waals surface area contributed by atoms with Gasteiger partial charge in [0.15, 0.2) is 0 Å². The lowest BCUT2D eigenvalue weighted by molar-refractivity contribution is 0.270. The normalized spacial score (nSPS) is 29.4. The summed E-state index contributed by atoms with van der Waals surface area (Å²) < 4.78 is 0. The molecule has 1 aliphatic rings. The minimum atomic E-state index is 0.669. The van der Waals surface area contributed by atoms with Crippen LogP contribution >= 0.6 is 0 Å². The lowest BCUT2D eigenvalue weighted by Gasteiger charge is -2.30. The molecule has 0 radical (unpaired) electrons. The predicted octanol–water partition coefficient (Wildman–Crippen LogP) is 2.49. The zero-order valence-electron chi connectivity index (χ0n) is 10.9. The molecule has 0 aliphatic heterocycles. The van der Waals surface area contributed by atoms with Gasteiger partial charge in [-0.25, -0.2) is 0 Å². The van der Waals surface area contributed by atoms with E-state index >= 15 is 0 Å². The molecule has 1 fully saturated rings. The second-order valence-electron chi connectivity index (χ2n) is 5.63. The van der Waals surface area contributed by atoms with Crippen LogP contribution in [0.25, 0.3) is 0 Å². The standard InChI is InChI=1S/C13H28N2/c1-11-6-5-7-13(10-11)14-12(2)8-9-15(3)4/h11-14H,5-10H2,1-4H3. The van der Waals surface area contributed by atoms with Gasteiger partial charge in [-0.15, -0.1) is 0 Å². The topological polar surface area (TPSA) is 15.3 Å². The largest absolute Gasteiger partial charge is 0.311 e. The molecule has 0 heterocycles. The zero-order chi connectivity index (χ0) is 11.3. The van der Waals surface area contributed by atoms with Crippen LogP contribution in [-0.4, -0.2) is 37.6 Å². The molecule has 1 aliphatic carbocycles. The quantitative estimate of drug-likeness (QED) is 0.753. The molecule has 2 heteroatoms. The van der Waals surface area contributed by atoms with E-state index in [-0.39, 0.29) is 0 Å². The van der Waals surface area contributed by atoms with Crippen molar-refractivity contribution in [3.05, 3.63) is 0 Å². The number of hydrogen-bond acceptors (Lipinski definition) is 2. The molecule has 3 unspecified atom stereocenters. The SMILES string of the molecule is CC1CCCC(NC(C)CCN(C)C)C1. The lowest BCUT2D eigenvalue weighted by atomic mass is 9.86. The van der Waals surface area contributed by atoms with Crippen LogP contribution in [0.1, 0.15) is 46.0 Å². The van der Waals surface area contributed by atoms with E-state index in [1.165, 1.54) is 38.6 Å². The molecule has 1 N–H and O–H groups in total. The number of rotatable bonds is 5. The summed E-state index contributed by atoms with van der Waals surface area (Å²) in [5.41, 5.74) is 0. The number of hydrogen-bond donors (Lipinski definition) is 1. The molecule has 0 saturated heterocycles. The molecular formula is C13H28N2. The van der Waals surface area contributed by atoms with Gasteiger partial charge in [-0.3, -0.25) is 0 Å². The van der Waals surface area contributed by atoms with Gasteiger partial charge in [-0.05, 0) is 52.7 Å². The Morgan fingerprint density at radius 2 is 2.07 bits per heavy atom. The van der Waals surface area contributed by atoms with Crippen LogP contribution in [0.3, 0.4) is 0 Å². The average Bonchev–Trinajstić information content (AvgIpc) is 2.15. The Hall–Kier alpha value is -0.0800. The first-order valence-corrected chi connectivity index (χ1v) is 6.48. The van der Waals surface area contributed by atoms with Gasteiger partial charge in [0.05, 0.1) is 0 Å². The van der Waals surface area contributed by atoms with Gasteiger partial charge < -0.3 is 10.2 Å². The first-order valence-electron chi connectivity index (χ1n) is 6.48. The van der Waals surface area contributed by atoms with Crippen LogP contribution in [0, 0.1) is 5.92 Å². The van der Waals surface area contributed by atoms with Gasteiger partial charge in [0.1, 0.15) is 0 Å². The van der Waals surface area contributed by atoms with Crippen LogP contribution in [0.2, 0.25) is 0 Å². The van der Waals surface area contributed by atoms with Crippen molar-refractivity contribution in [3.8, 4) is 0 Å². The summed E-state index contributed by atoms with van der Waals surface area (Å²) in [7, 11) is 4.30. The highest BCUT2D eigenvalue weighted by molar-refractivity contribution is 4.78. The minimum absolute atomic E-state index is 0.669. The second-order valence-corrected chi connectivity index (χ2v) is 5.63. The fourth-order valence-electron chi connectivity index (χ4n) is 2.52. The van der Waals surface area contributed by atoms with Gasteiger partial charge in [-0.2, -0.15) is 0 Å². The molecule has 0 aromatic carbocycles. The van der Waals surface area contributed by atoms with Crippen molar-refractivity contribution >= 4 is 0 Å². The van der Waals surface area contributed by atoms with Crippen LogP contribution < -0.4 is 5.32 Å². The van der Waals surface area contributed by atoms with E-state index in [1.54, 1.807) is 0 Å². The summed E-state index contributed by atoms with van der Waals surface area (Å²) in [5.74, 6) is 0.928. The maximum Gasteiger partial charge on any atom is 0.00720 e. The molecule has 90 valence electrons. The van der Waals surface area contributed by atoms with Gasteiger partial charge in [0, 0.05) is 12.1 Å². The Kier molecular flexibility index (Phi) is 5.62. The van der Waals surface area contributed by atoms with E-state index in [9.17, 15) is 0 Å². The highest BCUT2D eigenvalue weighted by Crippen LogP contribution is 2.23. The van der Waals surface area contributed by atoms with E-state index < -0.39 is 0 Å². The van der Waals surface area contributed by atoms with Gasteiger partial charge in [-0.1, -0.05) is 19.8 Å². The summed E-state index contributed by atoms with van der Waals surface area (Å²) >= 11 is 0. The van der Waals surface area contributed by atoms with Gasteiger partial charge in [0.2, 0.25) is 0 Å². The molecule has 0 amide bonds. The van der Waals surface area contributed by atoms with E-state index in [1.807, 2.05) is 0 Å². The van der Waals surface area contributed by atoms with Crippen molar-refractivity contribution < 1.29 is 0 Å². The lowest BCUT2D eigenvalue weighted by Crippen LogP contribution is -2.40. The van der Waals surface area contributed by atoms with E-state index in [4.69, 9.17) is 0 Å². The highest BCUT2D eigenvalue weighted by atomic mass is 15.1. The molecule has 0 spiro atoms. The van der Waals surface area contributed by atoms with Crippen LogP contribution in [0.5, 0.6) is 0 Å². The van der Waals surface area contributed by atoms with Crippen LogP contribution in [-0.2, 0) is 0 Å². The predicted molar refractivity (Wildman–Crippen MR) is 67.2 cm³/mol. The minimum Gasteiger partial charge on any atom is -0.311 e. The molecular weight excluding hydrogens is 184 g/mol. The third kappa shape index (κ3) is 5.53. The maximum atomic E-state index is 3.78. The fourth-order valence-corrected chi connectivity index (χ4v) is 2.52. The Morgan fingerprint density at radius 1 is 1.33 bits per heavy atom.